The molecule has 1 aromatic carbocycles. The van der Waals surface area contributed by atoms with Crippen LogP contribution in [-0.4, -0.2) is 37.6 Å². The Morgan fingerprint density at radius 3 is 2.83 bits per heavy atom. The van der Waals surface area contributed by atoms with Crippen molar-refractivity contribution in [1.29, 1.82) is 5.26 Å². The van der Waals surface area contributed by atoms with Gasteiger partial charge in [-0.1, -0.05) is 18.2 Å². The van der Waals surface area contributed by atoms with Gasteiger partial charge in [0, 0.05) is 25.2 Å². The number of aromatic nitrogens is 4. The van der Waals surface area contributed by atoms with Crippen LogP contribution in [0.1, 0.15) is 40.3 Å². The third-order valence-corrected chi connectivity index (χ3v) is 4.90. The maximum absolute atomic E-state index is 13.2. The fraction of sp³-hybridized carbons (Fsp3) is 0.250. The average Bonchev–Trinajstić information content (AvgIpc) is 3.03. The zero-order chi connectivity index (χ0) is 20.7. The Morgan fingerprint density at radius 2 is 2.07 bits per heavy atom. The molecule has 4 rings (SSSR count). The standard InChI is InChI=1S/C20H19N7O2/c1-11-12-6-4-5-7-13(12)20(28)26(2)10-15-17(16(8-21)27(3)25-15)14-9-23-18(22)19(24-14)29-11/h4-7,9,11H,10H2,1-3H3,(H2,22,23)/t11-/m1/s1. The van der Waals surface area contributed by atoms with Gasteiger partial charge in [0.25, 0.3) is 11.8 Å². The van der Waals surface area contributed by atoms with Gasteiger partial charge >= 0.3 is 0 Å². The van der Waals surface area contributed by atoms with E-state index in [9.17, 15) is 10.1 Å². The summed E-state index contributed by atoms with van der Waals surface area (Å²) in [4.78, 5) is 23.4. The highest BCUT2D eigenvalue weighted by atomic mass is 16.5. The van der Waals surface area contributed by atoms with E-state index in [1.54, 1.807) is 31.1 Å². The smallest absolute Gasteiger partial charge is 0.258 e. The second kappa shape index (κ2) is 6.91. The van der Waals surface area contributed by atoms with Crippen LogP contribution in [0.25, 0.3) is 11.3 Å². The lowest BCUT2D eigenvalue weighted by molar-refractivity contribution is 0.0778. The number of carbonyl (C=O) groups excluding carboxylic acids is 1. The minimum Gasteiger partial charge on any atom is -0.467 e. The van der Waals surface area contributed by atoms with E-state index >= 15 is 0 Å². The Bertz CT molecular complexity index is 1160. The van der Waals surface area contributed by atoms with Crippen molar-refractivity contribution >= 4 is 11.7 Å². The van der Waals surface area contributed by atoms with Gasteiger partial charge in [-0.05, 0) is 13.0 Å². The lowest BCUT2D eigenvalue weighted by Crippen LogP contribution is -2.28. The molecule has 0 unspecified atom stereocenters. The van der Waals surface area contributed by atoms with Gasteiger partial charge in [-0.2, -0.15) is 10.4 Å². The third-order valence-electron chi connectivity index (χ3n) is 4.90. The van der Waals surface area contributed by atoms with E-state index in [0.29, 0.717) is 28.2 Å². The second-order valence-corrected chi connectivity index (χ2v) is 6.86. The fourth-order valence-corrected chi connectivity index (χ4v) is 3.46. The number of nitrogens with zero attached hydrogens (tertiary/aromatic N) is 6. The zero-order valence-electron chi connectivity index (χ0n) is 16.2. The fourth-order valence-electron chi connectivity index (χ4n) is 3.46. The predicted molar refractivity (Wildman–Crippen MR) is 105 cm³/mol. The monoisotopic (exact) mass is 389 g/mol. The molecule has 0 radical (unpaired) electrons. The van der Waals surface area contributed by atoms with E-state index in [1.807, 2.05) is 19.1 Å². The SMILES string of the molecule is C[C@H]1Oc2nc(cnc2N)-c2c(nn(C)c2C#N)CN(C)C(=O)c2ccccc21. The van der Waals surface area contributed by atoms with Crippen molar-refractivity contribution in [3.63, 3.8) is 0 Å². The Hall–Kier alpha value is -3.93. The summed E-state index contributed by atoms with van der Waals surface area (Å²) in [7, 11) is 3.37. The number of aryl methyl sites for hydroxylation is 1. The van der Waals surface area contributed by atoms with Gasteiger partial charge < -0.3 is 15.4 Å². The Morgan fingerprint density at radius 1 is 1.31 bits per heavy atom. The summed E-state index contributed by atoms with van der Waals surface area (Å²) in [5.41, 5.74) is 8.99. The molecule has 1 aliphatic heterocycles. The topological polar surface area (TPSA) is 123 Å². The number of hydrogen-bond acceptors (Lipinski definition) is 7. The maximum Gasteiger partial charge on any atom is 0.258 e. The molecule has 9 nitrogen and oxygen atoms in total. The number of nitrogen functional groups attached to an aromatic ring is 1. The lowest BCUT2D eigenvalue weighted by Gasteiger charge is -2.23. The van der Waals surface area contributed by atoms with Crippen LogP contribution in [0, 0.1) is 11.3 Å². The van der Waals surface area contributed by atoms with Crippen LogP contribution in [0.15, 0.2) is 30.5 Å². The first kappa shape index (κ1) is 18.4. The highest BCUT2D eigenvalue weighted by Crippen LogP contribution is 2.32. The van der Waals surface area contributed by atoms with Crippen LogP contribution in [-0.2, 0) is 13.6 Å². The van der Waals surface area contributed by atoms with E-state index in [1.165, 1.54) is 10.9 Å². The lowest BCUT2D eigenvalue weighted by atomic mass is 10.0. The zero-order valence-corrected chi connectivity index (χ0v) is 16.2. The molecule has 1 aliphatic rings. The van der Waals surface area contributed by atoms with Gasteiger partial charge in [0.2, 0.25) is 0 Å². The van der Waals surface area contributed by atoms with Crippen molar-refractivity contribution in [1.82, 2.24) is 24.6 Å². The molecular formula is C20H19N7O2. The first-order valence-electron chi connectivity index (χ1n) is 9.00. The van der Waals surface area contributed by atoms with Crippen LogP contribution in [0.3, 0.4) is 0 Å². The Labute approximate surface area is 167 Å². The second-order valence-electron chi connectivity index (χ2n) is 6.86. The van der Waals surface area contributed by atoms with Gasteiger partial charge in [0.15, 0.2) is 5.82 Å². The molecule has 2 N–H and O–H groups in total. The van der Waals surface area contributed by atoms with Crippen molar-refractivity contribution < 1.29 is 9.53 Å². The quantitative estimate of drug-likeness (QED) is 0.624. The summed E-state index contributed by atoms with van der Waals surface area (Å²) in [5, 5.41) is 14.1. The molecule has 1 amide bonds. The van der Waals surface area contributed by atoms with Gasteiger partial charge in [0.1, 0.15) is 17.9 Å². The molecule has 0 fully saturated rings. The van der Waals surface area contributed by atoms with Crippen molar-refractivity contribution in [2.75, 3.05) is 12.8 Å². The number of benzene rings is 1. The Kier molecular flexibility index (Phi) is 4.39. The summed E-state index contributed by atoms with van der Waals surface area (Å²) in [6, 6.07) is 9.39. The van der Waals surface area contributed by atoms with Gasteiger partial charge in [0.05, 0.1) is 29.7 Å². The first-order chi connectivity index (χ1) is 13.9. The van der Waals surface area contributed by atoms with E-state index in [0.717, 1.165) is 5.56 Å². The number of carbonyl (C=O) groups is 1. The van der Waals surface area contributed by atoms with Crippen LogP contribution < -0.4 is 10.5 Å². The normalized spacial score (nSPS) is 16.0. The van der Waals surface area contributed by atoms with Crippen LogP contribution >= 0.6 is 0 Å². The van der Waals surface area contributed by atoms with Gasteiger partial charge in [-0.3, -0.25) is 9.48 Å². The summed E-state index contributed by atoms with van der Waals surface area (Å²) >= 11 is 0. The molecule has 3 aromatic rings. The largest absolute Gasteiger partial charge is 0.467 e. The summed E-state index contributed by atoms with van der Waals surface area (Å²) in [6.07, 6.45) is 0.995. The van der Waals surface area contributed by atoms with Crippen molar-refractivity contribution in [3.05, 3.63) is 53.0 Å². The third kappa shape index (κ3) is 3.04. The van der Waals surface area contributed by atoms with E-state index in [4.69, 9.17) is 10.5 Å². The molecule has 29 heavy (non-hydrogen) atoms. The molecule has 9 heteroatoms. The summed E-state index contributed by atoms with van der Waals surface area (Å²) in [5.74, 6) is 0.0989. The van der Waals surface area contributed by atoms with Crippen LogP contribution in [0.4, 0.5) is 5.82 Å². The number of ether oxygens (including phenoxy) is 1. The van der Waals surface area contributed by atoms with E-state index in [2.05, 4.69) is 21.1 Å². The van der Waals surface area contributed by atoms with Crippen molar-refractivity contribution in [3.8, 4) is 23.2 Å². The predicted octanol–water partition coefficient (Wildman–Crippen LogP) is 2.06. The van der Waals surface area contributed by atoms with Gasteiger partial charge in [-0.25, -0.2) is 9.97 Å². The summed E-state index contributed by atoms with van der Waals surface area (Å²) < 4.78 is 7.45. The number of nitriles is 1. The first-order valence-corrected chi connectivity index (χ1v) is 9.00. The minimum atomic E-state index is -0.487. The average molecular weight is 389 g/mol. The van der Waals surface area contributed by atoms with Gasteiger partial charge in [-0.15, -0.1) is 0 Å². The molecule has 0 saturated carbocycles. The number of anilines is 1. The molecule has 0 spiro atoms. The minimum absolute atomic E-state index is 0.127. The van der Waals surface area contributed by atoms with Crippen LogP contribution in [0.5, 0.6) is 5.88 Å². The van der Waals surface area contributed by atoms with Crippen molar-refractivity contribution in [2.45, 2.75) is 19.6 Å². The molecule has 0 aliphatic carbocycles. The number of hydrogen-bond donors (Lipinski definition) is 1. The number of nitrogens with two attached hydrogens (primary N) is 1. The molecule has 3 heterocycles. The summed E-state index contributed by atoms with van der Waals surface area (Å²) in [6.45, 7) is 2.02. The molecule has 0 saturated heterocycles. The molecule has 2 bridgehead atoms. The highest BCUT2D eigenvalue weighted by Gasteiger charge is 2.27. The molecule has 2 aromatic heterocycles. The number of amides is 1. The molecule has 146 valence electrons. The van der Waals surface area contributed by atoms with Crippen molar-refractivity contribution in [2.24, 2.45) is 7.05 Å². The molecule has 1 atom stereocenters. The maximum atomic E-state index is 13.2. The number of fused-ring (bicyclic) bond motifs is 5. The Balaban J connectivity index is 1.98. The van der Waals surface area contributed by atoms with E-state index < -0.39 is 6.10 Å². The van der Waals surface area contributed by atoms with Crippen LogP contribution in [0.2, 0.25) is 0 Å². The van der Waals surface area contributed by atoms with E-state index in [-0.39, 0.29) is 24.1 Å². The number of rotatable bonds is 0. The molecular weight excluding hydrogens is 370 g/mol. The highest BCUT2D eigenvalue weighted by molar-refractivity contribution is 5.95.